The van der Waals surface area contributed by atoms with Crippen molar-refractivity contribution in [2.75, 3.05) is 0 Å². The topological polar surface area (TPSA) is 32.9 Å². The summed E-state index contributed by atoms with van der Waals surface area (Å²) in [6.45, 7) is 0. The monoisotopic (exact) mass is 307 g/mol. The second-order valence-corrected chi connectivity index (χ2v) is 3.93. The van der Waals surface area contributed by atoms with Gasteiger partial charge in [-0.2, -0.15) is 0 Å². The number of pyridine rings is 1. The number of aromatic nitrogens is 1. The number of benzene rings is 1. The van der Waals surface area contributed by atoms with Crippen LogP contribution >= 0.6 is 22.6 Å². The van der Waals surface area contributed by atoms with Gasteiger partial charge in [-0.3, -0.25) is 4.79 Å². The van der Waals surface area contributed by atoms with E-state index >= 15 is 0 Å². The third kappa shape index (κ3) is 1.41. The SMILES string of the molecule is O=c1[nH]c(I)cc2ccc(F)c(F)c12. The summed E-state index contributed by atoms with van der Waals surface area (Å²) in [6, 6.07) is 3.97. The van der Waals surface area contributed by atoms with Gasteiger partial charge in [0.25, 0.3) is 5.56 Å². The van der Waals surface area contributed by atoms with Crippen LogP contribution < -0.4 is 5.56 Å². The highest BCUT2D eigenvalue weighted by Crippen LogP contribution is 2.17. The minimum atomic E-state index is -1.10. The number of hydrogen-bond donors (Lipinski definition) is 1. The Labute approximate surface area is 91.1 Å². The van der Waals surface area contributed by atoms with Crippen LogP contribution in [0.2, 0.25) is 0 Å². The largest absolute Gasteiger partial charge is 0.317 e. The minimum absolute atomic E-state index is 0.231. The number of H-pyrrole nitrogens is 1. The molecule has 1 aromatic carbocycles. The van der Waals surface area contributed by atoms with Gasteiger partial charge in [0.1, 0.15) is 0 Å². The van der Waals surface area contributed by atoms with E-state index in [1.165, 1.54) is 6.07 Å². The molecule has 0 bridgehead atoms. The highest BCUT2D eigenvalue weighted by atomic mass is 127. The molecule has 0 spiro atoms. The van der Waals surface area contributed by atoms with E-state index in [1.807, 2.05) is 22.6 Å². The van der Waals surface area contributed by atoms with Crippen LogP contribution in [-0.4, -0.2) is 4.98 Å². The molecule has 0 radical (unpaired) electrons. The van der Waals surface area contributed by atoms with Crippen LogP contribution in [0.5, 0.6) is 0 Å². The van der Waals surface area contributed by atoms with Gasteiger partial charge in [-0.1, -0.05) is 6.07 Å². The van der Waals surface area contributed by atoms with E-state index in [4.69, 9.17) is 0 Å². The Balaban J connectivity index is 3.03. The van der Waals surface area contributed by atoms with Crippen molar-refractivity contribution in [1.29, 1.82) is 0 Å². The molecule has 0 aliphatic carbocycles. The number of nitrogens with one attached hydrogen (secondary N) is 1. The molecule has 0 unspecified atom stereocenters. The van der Waals surface area contributed by atoms with Crippen molar-refractivity contribution in [2.24, 2.45) is 0 Å². The fraction of sp³-hybridized carbons (Fsp3) is 0. The van der Waals surface area contributed by atoms with Gasteiger partial charge in [0.2, 0.25) is 0 Å². The van der Waals surface area contributed by atoms with Crippen molar-refractivity contribution in [1.82, 2.24) is 4.98 Å². The zero-order valence-electron chi connectivity index (χ0n) is 6.77. The van der Waals surface area contributed by atoms with Gasteiger partial charge < -0.3 is 4.98 Å². The van der Waals surface area contributed by atoms with Gasteiger partial charge in [-0.25, -0.2) is 8.78 Å². The minimum Gasteiger partial charge on any atom is -0.317 e. The van der Waals surface area contributed by atoms with E-state index in [2.05, 4.69) is 4.98 Å². The molecule has 1 heterocycles. The maximum atomic E-state index is 13.2. The second kappa shape index (κ2) is 3.30. The Kier molecular flexibility index (Phi) is 2.26. The fourth-order valence-electron chi connectivity index (χ4n) is 1.26. The Morgan fingerprint density at radius 1 is 1.29 bits per heavy atom. The summed E-state index contributed by atoms with van der Waals surface area (Å²) in [4.78, 5) is 13.7. The Bertz CT molecular complexity index is 564. The van der Waals surface area contributed by atoms with Crippen LogP contribution in [0.4, 0.5) is 8.78 Å². The Hall–Kier alpha value is -0.980. The maximum Gasteiger partial charge on any atom is 0.259 e. The van der Waals surface area contributed by atoms with Crippen LogP contribution in [0.1, 0.15) is 0 Å². The van der Waals surface area contributed by atoms with Crippen LogP contribution in [-0.2, 0) is 0 Å². The van der Waals surface area contributed by atoms with Crippen LogP contribution in [0.3, 0.4) is 0 Å². The predicted octanol–water partition coefficient (Wildman–Crippen LogP) is 2.41. The Morgan fingerprint density at radius 3 is 2.71 bits per heavy atom. The van der Waals surface area contributed by atoms with E-state index in [9.17, 15) is 13.6 Å². The molecule has 72 valence electrons. The van der Waals surface area contributed by atoms with Gasteiger partial charge in [0, 0.05) is 0 Å². The van der Waals surface area contributed by atoms with Gasteiger partial charge in [0.15, 0.2) is 11.6 Å². The number of halogens is 3. The highest BCUT2D eigenvalue weighted by molar-refractivity contribution is 14.1. The Morgan fingerprint density at radius 2 is 2.00 bits per heavy atom. The van der Waals surface area contributed by atoms with Crippen molar-refractivity contribution in [3.05, 3.63) is 43.9 Å². The van der Waals surface area contributed by atoms with Crippen LogP contribution in [0.15, 0.2) is 23.0 Å². The lowest BCUT2D eigenvalue weighted by Crippen LogP contribution is -2.09. The molecule has 2 aromatic rings. The molecule has 2 rings (SSSR count). The summed E-state index contributed by atoms with van der Waals surface area (Å²) in [6.07, 6.45) is 0. The van der Waals surface area contributed by atoms with Gasteiger partial charge >= 0.3 is 0 Å². The summed E-state index contributed by atoms with van der Waals surface area (Å²) in [5.41, 5.74) is -0.607. The molecule has 1 aromatic heterocycles. The van der Waals surface area contributed by atoms with Gasteiger partial charge in [-0.05, 0) is 40.1 Å². The van der Waals surface area contributed by atoms with Gasteiger partial charge in [-0.15, -0.1) is 0 Å². The number of fused-ring (bicyclic) bond motifs is 1. The van der Waals surface area contributed by atoms with Crippen molar-refractivity contribution >= 4 is 33.4 Å². The molecule has 14 heavy (non-hydrogen) atoms. The van der Waals surface area contributed by atoms with Crippen LogP contribution in [0, 0.1) is 15.3 Å². The lowest BCUT2D eigenvalue weighted by molar-refractivity contribution is 0.516. The first kappa shape index (κ1) is 9.57. The summed E-state index contributed by atoms with van der Waals surface area (Å²) in [7, 11) is 0. The van der Waals surface area contributed by atoms with Crippen molar-refractivity contribution in [2.45, 2.75) is 0 Å². The summed E-state index contributed by atoms with van der Waals surface area (Å²) < 4.78 is 26.6. The molecule has 0 aliphatic heterocycles. The summed E-state index contributed by atoms with van der Waals surface area (Å²) in [5.74, 6) is -2.11. The van der Waals surface area contributed by atoms with E-state index < -0.39 is 17.2 Å². The fourth-order valence-corrected chi connectivity index (χ4v) is 1.84. The standard InChI is InChI=1S/C9H4F2INO/c10-5-2-1-4-3-6(12)13-9(14)7(4)8(5)11/h1-3H,(H,13,14). The molecular weight excluding hydrogens is 303 g/mol. The second-order valence-electron chi connectivity index (χ2n) is 2.77. The first-order valence-corrected chi connectivity index (χ1v) is 4.84. The molecule has 0 atom stereocenters. The molecule has 0 saturated carbocycles. The normalized spacial score (nSPS) is 10.8. The summed E-state index contributed by atoms with van der Waals surface area (Å²) in [5, 5.41) is 0.169. The zero-order valence-corrected chi connectivity index (χ0v) is 8.93. The van der Waals surface area contributed by atoms with Crippen molar-refractivity contribution in [3.8, 4) is 0 Å². The number of aromatic amines is 1. The van der Waals surface area contributed by atoms with E-state index in [1.54, 1.807) is 6.07 Å². The molecule has 2 nitrogen and oxygen atoms in total. The average Bonchev–Trinajstić information content (AvgIpc) is 2.10. The molecule has 0 aliphatic rings. The lowest BCUT2D eigenvalue weighted by atomic mass is 10.1. The molecule has 0 saturated heterocycles. The predicted molar refractivity (Wildman–Crippen MR) is 57.2 cm³/mol. The number of rotatable bonds is 0. The molecule has 1 N–H and O–H groups in total. The van der Waals surface area contributed by atoms with Crippen molar-refractivity contribution in [3.63, 3.8) is 0 Å². The van der Waals surface area contributed by atoms with E-state index in [0.29, 0.717) is 9.09 Å². The molecular formula is C9H4F2INO. The van der Waals surface area contributed by atoms with Crippen LogP contribution in [0.25, 0.3) is 10.8 Å². The smallest absolute Gasteiger partial charge is 0.259 e. The van der Waals surface area contributed by atoms with Crippen molar-refractivity contribution < 1.29 is 8.78 Å². The first-order chi connectivity index (χ1) is 6.59. The lowest BCUT2D eigenvalue weighted by Gasteiger charge is -1.99. The average molecular weight is 307 g/mol. The quantitative estimate of drug-likeness (QED) is 0.588. The third-order valence-electron chi connectivity index (χ3n) is 1.87. The van der Waals surface area contributed by atoms with Gasteiger partial charge in [0.05, 0.1) is 9.09 Å². The number of hydrogen-bond acceptors (Lipinski definition) is 1. The van der Waals surface area contributed by atoms with E-state index in [-0.39, 0.29) is 5.39 Å². The van der Waals surface area contributed by atoms with E-state index in [0.717, 1.165) is 6.07 Å². The maximum absolute atomic E-state index is 13.2. The zero-order chi connectivity index (χ0) is 10.3. The molecule has 5 heteroatoms. The third-order valence-corrected chi connectivity index (χ3v) is 2.45. The summed E-state index contributed by atoms with van der Waals surface area (Å²) >= 11 is 1.90. The highest BCUT2D eigenvalue weighted by Gasteiger charge is 2.10. The molecule has 0 amide bonds. The first-order valence-electron chi connectivity index (χ1n) is 3.76. The molecule has 0 fully saturated rings.